The van der Waals surface area contributed by atoms with Gasteiger partial charge in [0.05, 0.1) is 39.9 Å². The second kappa shape index (κ2) is 56.7. The normalized spacial score (nSPS) is 13.9. The van der Waals surface area contributed by atoms with E-state index in [0.29, 0.717) is 17.4 Å². The van der Waals surface area contributed by atoms with Gasteiger partial charge in [-0.2, -0.15) is 0 Å². The first-order chi connectivity index (χ1) is 36.0. The molecule has 0 aromatic rings. The fraction of sp³-hybridized carbons (Fsp3) is 0.923. The zero-order chi connectivity index (χ0) is 54.2. The van der Waals surface area contributed by atoms with Crippen molar-refractivity contribution in [3.8, 4) is 0 Å². The number of amides is 1. The van der Waals surface area contributed by atoms with Crippen molar-refractivity contribution in [1.29, 1.82) is 0 Å². The third-order valence-electron chi connectivity index (χ3n) is 15.2. The fourth-order valence-electron chi connectivity index (χ4n) is 10.1. The minimum atomic E-state index is -4.35. The van der Waals surface area contributed by atoms with Crippen molar-refractivity contribution in [3.63, 3.8) is 0 Å². The van der Waals surface area contributed by atoms with Crippen LogP contribution in [0.15, 0.2) is 24.3 Å². The van der Waals surface area contributed by atoms with E-state index in [1.54, 1.807) is 6.08 Å². The lowest BCUT2D eigenvalue weighted by atomic mass is 10.0. The molecule has 0 bridgehead atoms. The summed E-state index contributed by atoms with van der Waals surface area (Å²) in [5.74, 6) is -0.180. The van der Waals surface area contributed by atoms with Crippen molar-refractivity contribution in [2.75, 3.05) is 40.9 Å². The largest absolute Gasteiger partial charge is 0.472 e. The van der Waals surface area contributed by atoms with Crippen LogP contribution in [0.1, 0.15) is 335 Å². The van der Waals surface area contributed by atoms with Crippen molar-refractivity contribution in [2.45, 2.75) is 347 Å². The Bertz CT molecular complexity index is 1260. The van der Waals surface area contributed by atoms with Crippen LogP contribution in [0.3, 0.4) is 0 Å². The molecule has 0 spiro atoms. The van der Waals surface area contributed by atoms with Crippen LogP contribution in [0.2, 0.25) is 0 Å². The molecule has 0 radical (unpaired) electrons. The second-order valence-corrected chi connectivity index (χ2v) is 25.3. The number of allylic oxidation sites excluding steroid dienone is 3. The Hall–Kier alpha value is -1.02. The number of likely N-dealkylation sites (N-methyl/N-ethyl adjacent to an activating group) is 1. The van der Waals surface area contributed by atoms with Gasteiger partial charge in [-0.3, -0.25) is 13.8 Å². The number of nitrogens with one attached hydrogen (secondary N) is 1. The molecule has 0 aromatic heterocycles. The molecular formula is C65H130N2O6P+. The molecule has 3 unspecified atom stereocenters. The van der Waals surface area contributed by atoms with Crippen molar-refractivity contribution in [1.82, 2.24) is 5.32 Å². The zero-order valence-electron chi connectivity index (χ0n) is 50.4. The summed E-state index contributed by atoms with van der Waals surface area (Å²) in [7, 11) is 1.57. The molecule has 0 aromatic carbocycles. The van der Waals surface area contributed by atoms with Gasteiger partial charge in [-0.25, -0.2) is 4.57 Å². The lowest BCUT2D eigenvalue weighted by Gasteiger charge is -2.25. The molecule has 0 saturated heterocycles. The van der Waals surface area contributed by atoms with E-state index < -0.39 is 20.0 Å². The number of rotatable bonds is 61. The van der Waals surface area contributed by atoms with E-state index in [1.807, 2.05) is 27.2 Å². The maximum atomic E-state index is 13.0. The smallest absolute Gasteiger partial charge is 0.387 e. The average Bonchev–Trinajstić information content (AvgIpc) is 3.36. The average molecular weight is 1070 g/mol. The molecule has 440 valence electrons. The van der Waals surface area contributed by atoms with Gasteiger partial charge in [0, 0.05) is 6.42 Å². The Morgan fingerprint density at radius 2 is 0.743 bits per heavy atom. The number of phosphoric ester groups is 1. The maximum absolute atomic E-state index is 13.0. The molecule has 1 amide bonds. The molecule has 0 fully saturated rings. The Labute approximate surface area is 462 Å². The molecular weight excluding hydrogens is 936 g/mol. The highest BCUT2D eigenvalue weighted by atomic mass is 31.2. The number of aliphatic hydroxyl groups is 1. The third kappa shape index (κ3) is 58.7. The summed E-state index contributed by atoms with van der Waals surface area (Å²) in [4.78, 5) is 23.3. The Morgan fingerprint density at radius 3 is 1.08 bits per heavy atom. The first-order valence-corrected chi connectivity index (χ1v) is 34.2. The number of hydrogen-bond donors (Lipinski definition) is 3. The highest BCUT2D eigenvalue weighted by Crippen LogP contribution is 2.43. The third-order valence-corrected chi connectivity index (χ3v) is 16.2. The highest BCUT2D eigenvalue weighted by Gasteiger charge is 2.28. The summed E-state index contributed by atoms with van der Waals surface area (Å²) in [6.07, 6.45) is 73.4. The van der Waals surface area contributed by atoms with Crippen LogP contribution >= 0.6 is 7.82 Å². The van der Waals surface area contributed by atoms with E-state index >= 15 is 0 Å². The predicted octanol–water partition coefficient (Wildman–Crippen LogP) is 20.3. The van der Waals surface area contributed by atoms with Crippen molar-refractivity contribution in [2.24, 2.45) is 0 Å². The van der Waals surface area contributed by atoms with Crippen molar-refractivity contribution >= 4 is 13.7 Å². The SMILES string of the molecule is CCCCCCCCCC/C=C/CC/C=C/C(O)C(COP(=O)(O)OCC[N+](C)(C)C)NC(=O)CCCCCCCCCCCCCCCCCCCCCCCCCCCCCCCCCCCCCCCC. The van der Waals surface area contributed by atoms with Crippen molar-refractivity contribution in [3.05, 3.63) is 24.3 Å². The van der Waals surface area contributed by atoms with Crippen molar-refractivity contribution < 1.29 is 32.9 Å². The maximum Gasteiger partial charge on any atom is 0.472 e. The Morgan fingerprint density at radius 1 is 0.446 bits per heavy atom. The number of quaternary nitrogens is 1. The molecule has 0 aliphatic carbocycles. The number of carbonyl (C=O) groups excluding carboxylic acids is 1. The summed E-state index contributed by atoms with van der Waals surface area (Å²) in [5, 5.41) is 13.9. The summed E-state index contributed by atoms with van der Waals surface area (Å²) in [6, 6.07) is -0.860. The van der Waals surface area contributed by atoms with Gasteiger partial charge < -0.3 is 19.8 Å². The molecule has 0 aliphatic rings. The van der Waals surface area contributed by atoms with Gasteiger partial charge in [-0.1, -0.05) is 321 Å². The van der Waals surface area contributed by atoms with Crippen LogP contribution in [0.4, 0.5) is 0 Å². The summed E-state index contributed by atoms with van der Waals surface area (Å²) in [5.41, 5.74) is 0. The van der Waals surface area contributed by atoms with Gasteiger partial charge in [0.25, 0.3) is 0 Å². The standard InChI is InChI=1S/C65H129N2O6P/c1-6-8-10-12-14-16-18-20-22-23-24-25-26-27-28-29-30-31-32-33-34-35-36-37-38-39-40-41-42-43-44-45-47-49-51-53-55-57-59-65(69)66-63(62-73-74(70,71)72-61-60-67(3,4)5)64(68)58-56-54-52-50-48-46-21-19-17-15-13-11-9-7-2/h48,50,56,58,63-64,68H,6-47,49,51-55,57,59-62H2,1-5H3,(H-,66,69,70,71)/p+1/b50-48+,58-56+. The van der Waals surface area contributed by atoms with Gasteiger partial charge in [-0.15, -0.1) is 0 Å². The number of unbranched alkanes of at least 4 members (excludes halogenated alkanes) is 46. The molecule has 9 heteroatoms. The van der Waals surface area contributed by atoms with Gasteiger partial charge in [-0.05, 0) is 32.1 Å². The lowest BCUT2D eigenvalue weighted by molar-refractivity contribution is -0.870. The number of carbonyl (C=O) groups is 1. The Balaban J connectivity index is 3.87. The summed E-state index contributed by atoms with van der Waals surface area (Å²) >= 11 is 0. The van der Waals surface area contributed by atoms with Gasteiger partial charge in [0.2, 0.25) is 5.91 Å². The minimum Gasteiger partial charge on any atom is -0.387 e. The number of hydrogen-bond acceptors (Lipinski definition) is 5. The van der Waals surface area contributed by atoms with Gasteiger partial charge in [0.1, 0.15) is 13.2 Å². The van der Waals surface area contributed by atoms with E-state index in [4.69, 9.17) is 9.05 Å². The molecule has 8 nitrogen and oxygen atoms in total. The highest BCUT2D eigenvalue weighted by molar-refractivity contribution is 7.47. The summed E-state index contributed by atoms with van der Waals surface area (Å²) < 4.78 is 23.7. The van der Waals surface area contributed by atoms with Gasteiger partial charge >= 0.3 is 7.82 Å². The zero-order valence-corrected chi connectivity index (χ0v) is 51.3. The molecule has 0 aliphatic heterocycles. The van der Waals surface area contributed by atoms with Crippen LogP contribution < -0.4 is 5.32 Å². The van der Waals surface area contributed by atoms with E-state index in [0.717, 1.165) is 38.5 Å². The molecule has 0 rings (SSSR count). The fourth-order valence-corrected chi connectivity index (χ4v) is 10.8. The van der Waals surface area contributed by atoms with Gasteiger partial charge in [0.15, 0.2) is 0 Å². The van der Waals surface area contributed by atoms with E-state index in [-0.39, 0.29) is 19.1 Å². The van der Waals surface area contributed by atoms with Crippen LogP contribution in [-0.4, -0.2) is 73.4 Å². The molecule has 0 saturated carbocycles. The molecule has 3 N–H and O–H groups in total. The minimum absolute atomic E-state index is 0.0586. The van der Waals surface area contributed by atoms with Crippen LogP contribution in [-0.2, 0) is 18.4 Å². The van der Waals surface area contributed by atoms with Crippen LogP contribution in [0.25, 0.3) is 0 Å². The quantitative estimate of drug-likeness (QED) is 0.0243. The topological polar surface area (TPSA) is 105 Å². The molecule has 74 heavy (non-hydrogen) atoms. The number of phosphoric acid groups is 1. The number of aliphatic hydroxyl groups excluding tert-OH is 1. The Kier molecular flexibility index (Phi) is 55.9. The van der Waals surface area contributed by atoms with Crippen LogP contribution in [0.5, 0.6) is 0 Å². The first kappa shape index (κ1) is 73.0. The monoisotopic (exact) mass is 1070 g/mol. The lowest BCUT2D eigenvalue weighted by Crippen LogP contribution is -2.45. The number of nitrogens with zero attached hydrogens (tertiary/aromatic N) is 1. The van der Waals surface area contributed by atoms with E-state index in [9.17, 15) is 19.4 Å². The summed E-state index contributed by atoms with van der Waals surface area (Å²) in [6.45, 7) is 4.83. The molecule has 0 heterocycles. The first-order valence-electron chi connectivity index (χ1n) is 32.7. The second-order valence-electron chi connectivity index (χ2n) is 23.8. The van der Waals surface area contributed by atoms with E-state index in [1.165, 1.54) is 276 Å². The molecule has 3 atom stereocenters. The predicted molar refractivity (Wildman–Crippen MR) is 323 cm³/mol. The van der Waals surface area contributed by atoms with Crippen LogP contribution in [0, 0.1) is 0 Å². The van der Waals surface area contributed by atoms with E-state index in [2.05, 4.69) is 31.3 Å².